The molecule has 1 saturated heterocycles. The van der Waals surface area contributed by atoms with Gasteiger partial charge in [-0.25, -0.2) is 0 Å². The van der Waals surface area contributed by atoms with Gasteiger partial charge in [0, 0.05) is 5.25 Å². The first-order chi connectivity index (χ1) is 5.81. The Labute approximate surface area is 79.7 Å². The Balaban J connectivity index is 1.97. The van der Waals surface area contributed by atoms with Crippen molar-refractivity contribution in [2.24, 2.45) is 0 Å². The Morgan fingerprint density at radius 2 is 2.00 bits per heavy atom. The second-order valence-corrected chi connectivity index (χ2v) is 6.02. The summed E-state index contributed by atoms with van der Waals surface area (Å²) in [6.45, 7) is 3.62. The van der Waals surface area contributed by atoms with Gasteiger partial charge in [-0.3, -0.25) is 0 Å². The molecule has 2 rings (SSSR count). The molecule has 12 heavy (non-hydrogen) atoms. The Morgan fingerprint density at radius 1 is 1.25 bits per heavy atom. The molecule has 1 atom stereocenters. The smallest absolute Gasteiger partial charge is 0.0647 e. The molecule has 2 fully saturated rings. The van der Waals surface area contributed by atoms with Gasteiger partial charge in [0.05, 0.1) is 4.87 Å². The van der Waals surface area contributed by atoms with Crippen molar-refractivity contribution in [2.45, 2.75) is 55.6 Å². The molecule has 2 aliphatic rings. The summed E-state index contributed by atoms with van der Waals surface area (Å²) in [4.78, 5) is 0.496. The third kappa shape index (κ3) is 1.80. The van der Waals surface area contributed by atoms with Crippen molar-refractivity contribution < 1.29 is 0 Å². The molecule has 2 heteroatoms. The van der Waals surface area contributed by atoms with Crippen LogP contribution in [0.15, 0.2) is 0 Å². The average molecular weight is 185 g/mol. The summed E-state index contributed by atoms with van der Waals surface area (Å²) >= 11 is 2.20. The van der Waals surface area contributed by atoms with E-state index in [2.05, 4.69) is 24.0 Å². The zero-order valence-corrected chi connectivity index (χ0v) is 8.75. The van der Waals surface area contributed by atoms with Crippen LogP contribution in [-0.2, 0) is 0 Å². The summed E-state index contributed by atoms with van der Waals surface area (Å²) in [6.07, 6.45) is 8.49. The number of thioether (sulfide) groups is 1. The van der Waals surface area contributed by atoms with Gasteiger partial charge in [0.2, 0.25) is 0 Å². The molecule has 1 aliphatic carbocycles. The monoisotopic (exact) mass is 185 g/mol. The normalized spacial score (nSPS) is 35.2. The Morgan fingerprint density at radius 3 is 2.67 bits per heavy atom. The van der Waals surface area contributed by atoms with Gasteiger partial charge >= 0.3 is 0 Å². The van der Waals surface area contributed by atoms with E-state index in [-0.39, 0.29) is 0 Å². The molecule has 1 aliphatic heterocycles. The van der Waals surface area contributed by atoms with Crippen LogP contribution in [0, 0.1) is 0 Å². The summed E-state index contributed by atoms with van der Waals surface area (Å²) in [6, 6.07) is 0. The zero-order chi connectivity index (χ0) is 8.44. The van der Waals surface area contributed by atoms with E-state index >= 15 is 0 Å². The number of rotatable bonds is 0. The minimum absolute atomic E-state index is 0.496. The number of nitrogens with one attached hydrogen (secondary N) is 1. The van der Waals surface area contributed by atoms with Crippen LogP contribution in [0.3, 0.4) is 0 Å². The van der Waals surface area contributed by atoms with Crippen molar-refractivity contribution in [3.8, 4) is 0 Å². The topological polar surface area (TPSA) is 12.0 Å². The first-order valence-electron chi connectivity index (χ1n) is 5.24. The van der Waals surface area contributed by atoms with Crippen LogP contribution < -0.4 is 5.32 Å². The van der Waals surface area contributed by atoms with Crippen molar-refractivity contribution in [3.05, 3.63) is 0 Å². The van der Waals surface area contributed by atoms with Crippen molar-refractivity contribution in [2.75, 3.05) is 6.54 Å². The van der Waals surface area contributed by atoms with Crippen LogP contribution >= 0.6 is 11.8 Å². The minimum Gasteiger partial charge on any atom is -0.303 e. The highest BCUT2D eigenvalue weighted by molar-refractivity contribution is 8.01. The maximum absolute atomic E-state index is 3.73. The predicted octanol–water partition coefficient (Wildman–Crippen LogP) is 2.76. The van der Waals surface area contributed by atoms with Crippen molar-refractivity contribution in [1.82, 2.24) is 5.32 Å². The van der Waals surface area contributed by atoms with Crippen LogP contribution in [0.25, 0.3) is 0 Å². The highest BCUT2D eigenvalue weighted by atomic mass is 32.2. The summed E-state index contributed by atoms with van der Waals surface area (Å²) in [5.74, 6) is 0. The van der Waals surface area contributed by atoms with E-state index in [4.69, 9.17) is 0 Å². The molecule has 1 nitrogen and oxygen atoms in total. The first-order valence-corrected chi connectivity index (χ1v) is 6.12. The standard InChI is InChI=1S/C10H19NS/c1-9-5-8-11-10(12-9)6-3-2-4-7-10/h9,11H,2-8H2,1H3. The molecule has 1 N–H and O–H groups in total. The van der Waals surface area contributed by atoms with Gasteiger partial charge < -0.3 is 5.32 Å². The Bertz CT molecular complexity index is 146. The van der Waals surface area contributed by atoms with Gasteiger partial charge in [0.15, 0.2) is 0 Å². The Kier molecular flexibility index (Phi) is 2.66. The first kappa shape index (κ1) is 8.89. The fraction of sp³-hybridized carbons (Fsp3) is 1.00. The summed E-state index contributed by atoms with van der Waals surface area (Å²) in [5.41, 5.74) is 0. The molecule has 1 unspecified atom stereocenters. The van der Waals surface area contributed by atoms with E-state index in [0.29, 0.717) is 4.87 Å². The predicted molar refractivity (Wildman–Crippen MR) is 55.5 cm³/mol. The number of hydrogen-bond donors (Lipinski definition) is 1. The van der Waals surface area contributed by atoms with E-state index in [9.17, 15) is 0 Å². The zero-order valence-electron chi connectivity index (χ0n) is 7.94. The second kappa shape index (κ2) is 3.59. The maximum atomic E-state index is 3.73. The van der Waals surface area contributed by atoms with Gasteiger partial charge in [-0.05, 0) is 25.8 Å². The largest absolute Gasteiger partial charge is 0.303 e. The van der Waals surface area contributed by atoms with Crippen LogP contribution in [0.4, 0.5) is 0 Å². The Hall–Kier alpha value is 0.310. The van der Waals surface area contributed by atoms with Crippen LogP contribution in [0.5, 0.6) is 0 Å². The van der Waals surface area contributed by atoms with Crippen LogP contribution in [-0.4, -0.2) is 16.7 Å². The van der Waals surface area contributed by atoms with Gasteiger partial charge in [0.25, 0.3) is 0 Å². The minimum atomic E-state index is 0.496. The SMILES string of the molecule is CC1CCNC2(CCCCC2)S1. The lowest BCUT2D eigenvalue weighted by Crippen LogP contribution is -2.49. The third-order valence-electron chi connectivity index (χ3n) is 3.09. The molecule has 0 bridgehead atoms. The van der Waals surface area contributed by atoms with Gasteiger partial charge in [-0.2, -0.15) is 0 Å². The van der Waals surface area contributed by atoms with Gasteiger partial charge in [0.1, 0.15) is 0 Å². The fourth-order valence-corrected chi connectivity index (χ4v) is 4.12. The molecular weight excluding hydrogens is 166 g/mol. The molecule has 1 spiro atoms. The second-order valence-electron chi connectivity index (χ2n) is 4.20. The van der Waals surface area contributed by atoms with E-state index in [1.165, 1.54) is 45.1 Å². The van der Waals surface area contributed by atoms with Crippen LogP contribution in [0.1, 0.15) is 45.4 Å². The quantitative estimate of drug-likeness (QED) is 0.623. The molecule has 0 amide bonds. The molecule has 70 valence electrons. The highest BCUT2D eigenvalue weighted by Crippen LogP contribution is 2.42. The van der Waals surface area contributed by atoms with E-state index in [0.717, 1.165) is 5.25 Å². The molecule has 0 radical (unpaired) electrons. The summed E-state index contributed by atoms with van der Waals surface area (Å²) in [5, 5.41) is 4.61. The molecule has 0 aromatic rings. The number of hydrogen-bond acceptors (Lipinski definition) is 2. The summed E-state index contributed by atoms with van der Waals surface area (Å²) < 4.78 is 0. The summed E-state index contributed by atoms with van der Waals surface area (Å²) in [7, 11) is 0. The maximum Gasteiger partial charge on any atom is 0.0647 e. The lowest BCUT2D eigenvalue weighted by Gasteiger charge is -2.43. The lowest BCUT2D eigenvalue weighted by atomic mass is 9.94. The van der Waals surface area contributed by atoms with Crippen LogP contribution in [0.2, 0.25) is 0 Å². The van der Waals surface area contributed by atoms with E-state index in [1.54, 1.807) is 0 Å². The molecular formula is C10H19NS. The van der Waals surface area contributed by atoms with Crippen molar-refractivity contribution in [3.63, 3.8) is 0 Å². The highest BCUT2D eigenvalue weighted by Gasteiger charge is 2.35. The fourth-order valence-electron chi connectivity index (χ4n) is 2.41. The van der Waals surface area contributed by atoms with E-state index < -0.39 is 0 Å². The molecule has 0 aromatic heterocycles. The van der Waals surface area contributed by atoms with Crippen molar-refractivity contribution >= 4 is 11.8 Å². The molecule has 1 saturated carbocycles. The molecule has 1 heterocycles. The van der Waals surface area contributed by atoms with E-state index in [1.807, 2.05) is 0 Å². The van der Waals surface area contributed by atoms with Crippen molar-refractivity contribution in [1.29, 1.82) is 0 Å². The van der Waals surface area contributed by atoms with Gasteiger partial charge in [-0.1, -0.05) is 26.2 Å². The molecule has 0 aromatic carbocycles. The third-order valence-corrected chi connectivity index (χ3v) is 4.73. The van der Waals surface area contributed by atoms with Gasteiger partial charge in [-0.15, -0.1) is 11.8 Å². The average Bonchev–Trinajstić information content (AvgIpc) is 2.05. The lowest BCUT2D eigenvalue weighted by molar-refractivity contribution is 0.325.